The maximum atomic E-state index is 15.1. The number of rotatable bonds is 23. The van der Waals surface area contributed by atoms with Crippen molar-refractivity contribution in [3.8, 4) is 67.3 Å². The van der Waals surface area contributed by atoms with Crippen molar-refractivity contribution in [2.24, 2.45) is 53.3 Å². The molecule has 10 aromatic rings. The van der Waals surface area contributed by atoms with Crippen molar-refractivity contribution in [2.45, 2.75) is 139 Å². The number of aromatic nitrogens is 10. The van der Waals surface area contributed by atoms with E-state index < -0.39 is 53.8 Å². The molecular formula is C90H98N16O12. The van der Waals surface area contributed by atoms with Gasteiger partial charge in [-0.1, -0.05) is 137 Å². The highest BCUT2D eigenvalue weighted by atomic mass is 16.8. The minimum Gasteiger partial charge on any atom is -0.453 e. The fraction of sp³-hybridized carbons (Fsp3) is 0.422. The number of carbonyl (C=O) groups is 6. The number of benzene rings is 4. The number of nitrogens with one attached hydrogen (secondary N) is 8. The molecule has 4 aliphatic carbocycles. The first-order chi connectivity index (χ1) is 57.3. The minimum atomic E-state index is -1.23. The van der Waals surface area contributed by atoms with E-state index in [0.29, 0.717) is 56.2 Å². The van der Waals surface area contributed by atoms with Crippen LogP contribution < -0.4 is 21.3 Å². The van der Waals surface area contributed by atoms with Crippen molar-refractivity contribution in [1.82, 2.24) is 80.9 Å². The molecule has 28 nitrogen and oxygen atoms in total. The number of pyridine rings is 2. The van der Waals surface area contributed by atoms with Crippen molar-refractivity contribution in [3.05, 3.63) is 205 Å². The van der Waals surface area contributed by atoms with Crippen LogP contribution in [0.4, 0.5) is 9.59 Å². The molecule has 6 amide bonds. The van der Waals surface area contributed by atoms with Crippen molar-refractivity contribution in [2.75, 3.05) is 47.1 Å². The summed E-state index contributed by atoms with van der Waals surface area (Å²) >= 11 is 0. The number of amides is 6. The standard InChI is InChI=1S/C90H98N16O12/c1-49(2)77(103-87(111)113-5)85(109)105-47-89(115-31-32-116-89)36-70(105)79-93-42-66(99-79)57-19-11-54(12-20-57)56-17-25-60(26-18-56)69-45-96-82(102-69)76-65-35-63(75(76)84(108)98-41-52-10-8-30-92-39-52)34-64(65)72-46-117-90(118-72)37-71(106(48-90)86(110)78(50(3)4)104-88(112)114-6)80-94-43-67(100-80)58-21-13-53(14-22-58)55-15-23-59(24-16-55)68-44-95-81(101-68)73-61-27-28-62(33-61)74(73)83(107)97-40-51-9-7-29-91-38-51/h7-26,29-30,38-39,42-45,49-50,61-65,70-78H,27-28,31-37,40-41,46-48H2,1-6H3,(H,93,99)(H,94,100)(H,95,101)(H,96,102)(H,97,107)(H,98,108)(H,103,111)(H,104,112)/t61?,62?,63?,64?,65?,70-,71-,72?,73?,74-,75-,76?,77-,78-,90?/m0/s1. The lowest BCUT2D eigenvalue weighted by Crippen LogP contribution is -2.52. The van der Waals surface area contributed by atoms with Gasteiger partial charge in [0.2, 0.25) is 23.6 Å². The summed E-state index contributed by atoms with van der Waals surface area (Å²) in [5.41, 5.74) is 12.9. The molecule has 18 rings (SSSR count). The molecule has 610 valence electrons. The van der Waals surface area contributed by atoms with Gasteiger partial charge in [-0.15, -0.1) is 0 Å². The van der Waals surface area contributed by atoms with E-state index in [1.807, 2.05) is 76.5 Å². The number of methoxy groups -OCH3 is 2. The molecule has 2 spiro atoms. The first kappa shape index (κ1) is 77.5. The van der Waals surface area contributed by atoms with Crippen molar-refractivity contribution < 1.29 is 57.2 Å². The van der Waals surface area contributed by atoms with E-state index in [1.54, 1.807) is 47.0 Å². The molecule has 8 N–H and O–H groups in total. The topological polar surface area (TPSA) is 353 Å². The average molecular weight is 1600 g/mol. The van der Waals surface area contributed by atoms with E-state index in [1.165, 1.54) is 14.2 Å². The third-order valence-corrected chi connectivity index (χ3v) is 26.2. The van der Waals surface area contributed by atoms with Crippen LogP contribution in [0.2, 0.25) is 0 Å². The number of alkyl carbamates (subject to hydrolysis) is 2. The molecule has 118 heavy (non-hydrogen) atoms. The van der Waals surface area contributed by atoms with Crippen LogP contribution in [0.25, 0.3) is 67.3 Å². The molecule has 0 radical (unpaired) electrons. The molecule has 4 saturated heterocycles. The molecule has 4 aliphatic heterocycles. The van der Waals surface area contributed by atoms with Crippen LogP contribution in [0.15, 0.2) is 171 Å². The molecule has 9 unspecified atom stereocenters. The maximum absolute atomic E-state index is 15.1. The van der Waals surface area contributed by atoms with Crippen LogP contribution in [0.5, 0.6) is 0 Å². The number of nitrogens with zero attached hydrogens (tertiary/aromatic N) is 8. The van der Waals surface area contributed by atoms with Gasteiger partial charge in [0.05, 0.1) is 125 Å². The lowest BCUT2D eigenvalue weighted by molar-refractivity contribution is -0.169. The fourth-order valence-electron chi connectivity index (χ4n) is 20.3. The number of hydrogen-bond acceptors (Lipinski definition) is 18. The molecule has 4 saturated carbocycles. The van der Waals surface area contributed by atoms with Crippen LogP contribution in [0, 0.1) is 53.3 Å². The number of ether oxygens (including phenoxy) is 6. The Morgan fingerprint density at radius 2 is 0.864 bits per heavy atom. The Hall–Kier alpha value is -11.7. The summed E-state index contributed by atoms with van der Waals surface area (Å²) in [4.78, 5) is 129. The summed E-state index contributed by atoms with van der Waals surface area (Å²) in [6, 6.07) is 37.9. The highest BCUT2D eigenvalue weighted by Crippen LogP contribution is 2.62. The molecule has 28 heteroatoms. The van der Waals surface area contributed by atoms with E-state index in [-0.39, 0.29) is 103 Å². The second kappa shape index (κ2) is 32.3. The van der Waals surface area contributed by atoms with Crippen molar-refractivity contribution in [1.29, 1.82) is 0 Å². The van der Waals surface area contributed by atoms with Crippen LogP contribution in [0.3, 0.4) is 0 Å². The number of likely N-dealkylation sites (tertiary alicyclic amines) is 2. The van der Waals surface area contributed by atoms with Gasteiger partial charge < -0.3 is 79.4 Å². The van der Waals surface area contributed by atoms with Gasteiger partial charge in [0.1, 0.15) is 35.4 Å². The van der Waals surface area contributed by atoms with Crippen LogP contribution in [-0.4, -0.2) is 172 Å². The largest absolute Gasteiger partial charge is 0.453 e. The third kappa shape index (κ3) is 15.1. The second-order valence-corrected chi connectivity index (χ2v) is 33.8. The van der Waals surface area contributed by atoms with Crippen LogP contribution in [0.1, 0.15) is 131 Å². The molecule has 4 aromatic carbocycles. The third-order valence-electron chi connectivity index (χ3n) is 26.2. The Balaban J connectivity index is 0.553. The predicted octanol–water partition coefficient (Wildman–Crippen LogP) is 12.4. The van der Waals surface area contributed by atoms with E-state index in [9.17, 15) is 24.0 Å². The fourth-order valence-corrected chi connectivity index (χ4v) is 20.3. The van der Waals surface area contributed by atoms with Gasteiger partial charge in [-0.05, 0) is 141 Å². The van der Waals surface area contributed by atoms with Gasteiger partial charge >= 0.3 is 12.2 Å². The number of carbonyl (C=O) groups excluding carboxylic acids is 6. The smallest absolute Gasteiger partial charge is 0.407 e. The predicted molar refractivity (Wildman–Crippen MR) is 434 cm³/mol. The molecule has 6 aromatic heterocycles. The number of aromatic amines is 4. The summed E-state index contributed by atoms with van der Waals surface area (Å²) in [5.74, 6) is -0.659. The quantitative estimate of drug-likeness (QED) is 0.0295. The van der Waals surface area contributed by atoms with Gasteiger partial charge in [-0.3, -0.25) is 29.1 Å². The van der Waals surface area contributed by atoms with Gasteiger partial charge in [-0.2, -0.15) is 0 Å². The van der Waals surface area contributed by atoms with Gasteiger partial charge in [0.15, 0.2) is 11.6 Å². The van der Waals surface area contributed by atoms with Gasteiger partial charge in [0, 0.05) is 62.6 Å². The second-order valence-electron chi connectivity index (χ2n) is 33.8. The van der Waals surface area contributed by atoms with Gasteiger partial charge in [-0.25, -0.2) is 29.5 Å². The zero-order valence-electron chi connectivity index (χ0n) is 66.8. The summed E-state index contributed by atoms with van der Waals surface area (Å²) in [5, 5.41) is 12.0. The molecule has 15 atom stereocenters. The molecule has 4 bridgehead atoms. The zero-order valence-corrected chi connectivity index (χ0v) is 66.8. The lowest BCUT2D eigenvalue weighted by atomic mass is 9.71. The van der Waals surface area contributed by atoms with Crippen molar-refractivity contribution >= 4 is 35.8 Å². The maximum Gasteiger partial charge on any atom is 0.407 e. The van der Waals surface area contributed by atoms with E-state index in [4.69, 9.17) is 48.4 Å². The number of hydrogen-bond donors (Lipinski definition) is 8. The van der Waals surface area contributed by atoms with E-state index in [2.05, 4.69) is 136 Å². The lowest BCUT2D eigenvalue weighted by Gasteiger charge is -2.36. The number of fused-ring (bicyclic) bond motifs is 4. The molecular weight excluding hydrogens is 1500 g/mol. The highest BCUT2D eigenvalue weighted by molar-refractivity contribution is 5.88. The first-order valence-corrected chi connectivity index (χ1v) is 41.2. The van der Waals surface area contributed by atoms with E-state index >= 15 is 4.79 Å². The van der Waals surface area contributed by atoms with Gasteiger partial charge in [0.25, 0.3) is 0 Å². The minimum absolute atomic E-state index is 0.00817. The van der Waals surface area contributed by atoms with Crippen molar-refractivity contribution in [3.63, 3.8) is 0 Å². The average Bonchev–Trinajstić information content (AvgIpc) is 1.52. The monoisotopic (exact) mass is 1590 g/mol. The summed E-state index contributed by atoms with van der Waals surface area (Å²) in [6.45, 7) is 9.61. The number of H-pyrrole nitrogens is 4. The Morgan fingerprint density at radius 3 is 1.31 bits per heavy atom. The molecule has 10 heterocycles. The summed E-state index contributed by atoms with van der Waals surface area (Å²) in [6.07, 6.45) is 17.8. The van der Waals surface area contributed by atoms with Crippen LogP contribution >= 0.6 is 0 Å². The SMILES string of the molecule is COC(=O)N[C@H](C(=O)N1CC2(C[C@H]1c1ncc(-c3ccc(-c4ccc(-c5cnc(C6C7CC(CC7C7COC8(C[C@@H](c9ncc(-c%10ccc(-c%11ccc(-c%12cnc(C%13C%14CCC(C%14)[C@@H]%13C(=O)NCc%13cccnc%13)[nH]%12)cc%11)cc%10)[nH]9)N(C(=O)[C@@H](NC(=O)OC)C(C)C)C8)O7)[C@@H]6C(=O)NCc6cccnc6)[nH]5)cc4)cc3)[nH]1)OCCO2)C(C)C. The summed E-state index contributed by atoms with van der Waals surface area (Å²) in [7, 11) is 2.55. The number of imidazole rings is 4. The van der Waals surface area contributed by atoms with E-state index in [0.717, 1.165) is 122 Å². The molecule has 8 aliphatic rings. The normalized spacial score (nSPS) is 25.8. The van der Waals surface area contributed by atoms with Crippen LogP contribution in [-0.2, 0) is 60.7 Å². The highest BCUT2D eigenvalue weighted by Gasteiger charge is 2.63. The summed E-state index contributed by atoms with van der Waals surface area (Å²) < 4.78 is 36.3. The Kier molecular flexibility index (Phi) is 21.2. The molecule has 8 fully saturated rings. The zero-order chi connectivity index (χ0) is 81.1. The Morgan fingerprint density at radius 1 is 0.466 bits per heavy atom. The Bertz CT molecular complexity index is 5300. The first-order valence-electron chi connectivity index (χ1n) is 41.2. The Labute approximate surface area is 682 Å².